The smallest absolute Gasteiger partial charge is 0.408 e. The zero-order chi connectivity index (χ0) is 24.3. The summed E-state index contributed by atoms with van der Waals surface area (Å²) in [4.78, 5) is 28.1. The van der Waals surface area contributed by atoms with Gasteiger partial charge in [0.15, 0.2) is 22.5 Å². The second kappa shape index (κ2) is 7.67. The van der Waals surface area contributed by atoms with Crippen LogP contribution in [0.5, 0.6) is 0 Å². The number of rotatable bonds is 5. The summed E-state index contributed by atoms with van der Waals surface area (Å²) in [6.45, 7) is 0. The standard InChI is InChI=1S/C21H12F3N3O5S2/c22-11-6-13-12(14(23)7-11)2-1-3-21(13,10-28)27-16-8-15(24)18(9-17(16)32-20(27)29)34(30,31)26-19-25-4-5-33-19/h1,3-10H,2H2,(H,25,26). The molecule has 174 valence electrons. The van der Waals surface area contributed by atoms with Crippen molar-refractivity contribution in [1.82, 2.24) is 9.55 Å². The van der Waals surface area contributed by atoms with E-state index in [1.807, 2.05) is 0 Å². The van der Waals surface area contributed by atoms with Crippen molar-refractivity contribution >= 4 is 43.9 Å². The first-order valence-electron chi connectivity index (χ1n) is 9.56. The van der Waals surface area contributed by atoms with E-state index in [9.17, 15) is 26.8 Å². The van der Waals surface area contributed by atoms with Crippen LogP contribution in [0, 0.1) is 17.5 Å². The molecule has 4 aromatic rings. The summed E-state index contributed by atoms with van der Waals surface area (Å²) in [5.74, 6) is -4.31. The van der Waals surface area contributed by atoms with E-state index in [4.69, 9.17) is 4.42 Å². The van der Waals surface area contributed by atoms with Crippen molar-refractivity contribution in [2.45, 2.75) is 16.9 Å². The molecule has 0 amide bonds. The average Bonchev–Trinajstić information content (AvgIpc) is 3.39. The van der Waals surface area contributed by atoms with Crippen LogP contribution in [0.2, 0.25) is 0 Å². The maximum Gasteiger partial charge on any atom is 0.421 e. The summed E-state index contributed by atoms with van der Waals surface area (Å²) in [6, 6.07) is 3.06. The lowest BCUT2D eigenvalue weighted by atomic mass is 9.81. The number of aromatic nitrogens is 2. The molecule has 1 N–H and O–H groups in total. The number of halogens is 3. The molecule has 1 atom stereocenters. The fraction of sp³-hybridized carbons (Fsp3) is 0.0952. The quantitative estimate of drug-likeness (QED) is 0.328. The number of benzene rings is 2. The van der Waals surface area contributed by atoms with E-state index in [0.717, 1.165) is 28.0 Å². The number of allylic oxidation sites excluding steroid dienone is 2. The number of nitrogens with one attached hydrogen (secondary N) is 1. The molecule has 0 saturated heterocycles. The van der Waals surface area contributed by atoms with Crippen LogP contribution in [0.1, 0.15) is 11.1 Å². The SMILES string of the molecule is O=CC1(n2c(=O)oc3cc(S(=O)(=O)Nc4nccs4)c(F)cc32)C=CCc2c(F)cc(F)cc21. The highest BCUT2D eigenvalue weighted by atomic mass is 32.2. The Kier molecular flexibility index (Phi) is 4.98. The molecule has 0 radical (unpaired) electrons. The summed E-state index contributed by atoms with van der Waals surface area (Å²) in [5.41, 5.74) is -2.88. The number of hydrogen-bond donors (Lipinski definition) is 1. The molecule has 0 spiro atoms. The summed E-state index contributed by atoms with van der Waals surface area (Å²) in [5, 5.41) is 1.50. The van der Waals surface area contributed by atoms with Gasteiger partial charge in [-0.15, -0.1) is 11.3 Å². The first-order chi connectivity index (χ1) is 16.2. The van der Waals surface area contributed by atoms with Gasteiger partial charge in [-0.05, 0) is 23.6 Å². The Labute approximate surface area is 193 Å². The maximum absolute atomic E-state index is 15.0. The average molecular weight is 507 g/mol. The number of hydrogen-bond acceptors (Lipinski definition) is 7. The highest BCUT2D eigenvalue weighted by Crippen LogP contribution is 2.37. The Morgan fingerprint density at radius 3 is 2.68 bits per heavy atom. The molecule has 1 unspecified atom stereocenters. The molecular weight excluding hydrogens is 495 g/mol. The second-order valence-electron chi connectivity index (χ2n) is 7.36. The zero-order valence-corrected chi connectivity index (χ0v) is 18.4. The largest absolute Gasteiger partial charge is 0.421 e. The maximum atomic E-state index is 15.0. The van der Waals surface area contributed by atoms with Gasteiger partial charge < -0.3 is 4.42 Å². The Morgan fingerprint density at radius 2 is 1.97 bits per heavy atom. The molecule has 0 saturated carbocycles. The zero-order valence-electron chi connectivity index (χ0n) is 16.8. The van der Waals surface area contributed by atoms with Crippen molar-refractivity contribution in [3.63, 3.8) is 0 Å². The van der Waals surface area contributed by atoms with Crippen molar-refractivity contribution in [2.75, 3.05) is 4.72 Å². The van der Waals surface area contributed by atoms with Crippen LogP contribution in [0.3, 0.4) is 0 Å². The third-order valence-corrected chi connectivity index (χ3v) is 7.58. The van der Waals surface area contributed by atoms with Crippen molar-refractivity contribution in [2.24, 2.45) is 0 Å². The number of aldehydes is 1. The molecule has 2 aromatic carbocycles. The summed E-state index contributed by atoms with van der Waals surface area (Å²) >= 11 is 0.968. The lowest BCUT2D eigenvalue weighted by Gasteiger charge is -2.31. The number of carbonyl (C=O) groups excluding carboxylic acids is 1. The lowest BCUT2D eigenvalue weighted by Crippen LogP contribution is -2.42. The highest BCUT2D eigenvalue weighted by Gasteiger charge is 2.41. The molecule has 1 aliphatic rings. The van der Waals surface area contributed by atoms with Crippen LogP contribution in [0.25, 0.3) is 11.1 Å². The van der Waals surface area contributed by atoms with Crippen molar-refractivity contribution in [1.29, 1.82) is 0 Å². The van der Waals surface area contributed by atoms with Gasteiger partial charge in [-0.2, -0.15) is 0 Å². The molecule has 0 fully saturated rings. The van der Waals surface area contributed by atoms with Gasteiger partial charge in [-0.1, -0.05) is 12.2 Å². The van der Waals surface area contributed by atoms with Crippen LogP contribution < -0.4 is 10.5 Å². The van der Waals surface area contributed by atoms with E-state index >= 15 is 4.39 Å². The molecule has 1 aliphatic carbocycles. The number of nitrogens with zero attached hydrogens (tertiary/aromatic N) is 2. The van der Waals surface area contributed by atoms with Gasteiger partial charge in [0.2, 0.25) is 0 Å². The van der Waals surface area contributed by atoms with Gasteiger partial charge in [-0.25, -0.2) is 31.4 Å². The highest BCUT2D eigenvalue weighted by molar-refractivity contribution is 7.93. The minimum absolute atomic E-state index is 0.00793. The van der Waals surface area contributed by atoms with E-state index in [-0.39, 0.29) is 40.1 Å². The third-order valence-electron chi connectivity index (χ3n) is 5.41. The molecule has 34 heavy (non-hydrogen) atoms. The fourth-order valence-corrected chi connectivity index (χ4v) is 5.85. The minimum atomic E-state index is -4.45. The van der Waals surface area contributed by atoms with Crippen LogP contribution in [-0.4, -0.2) is 24.3 Å². The van der Waals surface area contributed by atoms with Crippen molar-refractivity contribution in [3.8, 4) is 0 Å². The number of fused-ring (bicyclic) bond motifs is 2. The Hall–Kier alpha value is -3.71. The number of carbonyl (C=O) groups is 1. The van der Waals surface area contributed by atoms with E-state index in [1.165, 1.54) is 23.7 Å². The Balaban J connectivity index is 1.74. The van der Waals surface area contributed by atoms with Gasteiger partial charge >= 0.3 is 5.76 Å². The van der Waals surface area contributed by atoms with E-state index in [0.29, 0.717) is 12.1 Å². The molecule has 2 heterocycles. The van der Waals surface area contributed by atoms with Crippen LogP contribution in [0.4, 0.5) is 18.3 Å². The first-order valence-corrected chi connectivity index (χ1v) is 11.9. The third kappa shape index (κ3) is 3.27. The van der Waals surface area contributed by atoms with E-state index < -0.39 is 43.7 Å². The van der Waals surface area contributed by atoms with E-state index in [1.54, 1.807) is 0 Å². The van der Waals surface area contributed by atoms with Gasteiger partial charge in [0.05, 0.1) is 5.52 Å². The number of thiazole rings is 1. The number of oxazole rings is 1. The molecule has 2 aromatic heterocycles. The minimum Gasteiger partial charge on any atom is -0.408 e. The van der Waals surface area contributed by atoms with Crippen LogP contribution in [-0.2, 0) is 26.8 Å². The van der Waals surface area contributed by atoms with Crippen LogP contribution in [0.15, 0.2) is 62.1 Å². The molecular formula is C21H12F3N3O5S2. The predicted molar refractivity (Wildman–Crippen MR) is 116 cm³/mol. The van der Waals surface area contributed by atoms with Gasteiger partial charge in [0, 0.05) is 29.8 Å². The second-order valence-corrected chi connectivity index (χ2v) is 9.91. The summed E-state index contributed by atoms with van der Waals surface area (Å²) in [6.07, 6.45) is 4.33. The van der Waals surface area contributed by atoms with Crippen molar-refractivity contribution < 1.29 is 30.8 Å². The monoisotopic (exact) mass is 507 g/mol. The van der Waals surface area contributed by atoms with Gasteiger partial charge in [-0.3, -0.25) is 14.1 Å². The normalized spacial score (nSPS) is 17.6. The Bertz CT molecular complexity index is 1660. The summed E-state index contributed by atoms with van der Waals surface area (Å²) < 4.78 is 76.8. The molecule has 5 rings (SSSR count). The van der Waals surface area contributed by atoms with Crippen molar-refractivity contribution in [3.05, 3.63) is 87.1 Å². The fourth-order valence-electron chi connectivity index (χ4n) is 3.98. The summed E-state index contributed by atoms with van der Waals surface area (Å²) in [7, 11) is -4.45. The van der Waals surface area contributed by atoms with Gasteiger partial charge in [0.1, 0.15) is 22.3 Å². The van der Waals surface area contributed by atoms with E-state index in [2.05, 4.69) is 9.71 Å². The predicted octanol–water partition coefficient (Wildman–Crippen LogP) is 3.32. The molecule has 0 aliphatic heterocycles. The molecule has 0 bridgehead atoms. The molecule has 8 nitrogen and oxygen atoms in total. The lowest BCUT2D eigenvalue weighted by molar-refractivity contribution is -0.112. The van der Waals surface area contributed by atoms with Gasteiger partial charge in [0.25, 0.3) is 10.0 Å². The van der Waals surface area contributed by atoms with Crippen LogP contribution >= 0.6 is 11.3 Å². The number of anilines is 1. The first kappa shape index (κ1) is 22.1. The Morgan fingerprint density at radius 1 is 1.18 bits per heavy atom. The topological polar surface area (TPSA) is 111 Å². The molecule has 13 heteroatoms. The number of sulfonamides is 1.